The molecule has 1 aromatic heterocycles. The molecule has 0 aromatic carbocycles. The number of rotatable bonds is 5. The molecule has 1 aliphatic rings. The summed E-state index contributed by atoms with van der Waals surface area (Å²) in [7, 11) is 5.04. The van der Waals surface area contributed by atoms with E-state index in [1.165, 1.54) is 14.2 Å². The lowest BCUT2D eigenvalue weighted by Crippen LogP contribution is -2.34. The molecule has 0 saturated carbocycles. The molecule has 1 aliphatic heterocycles. The summed E-state index contributed by atoms with van der Waals surface area (Å²) in [6, 6.07) is 0. The molecule has 0 unspecified atom stereocenters. The van der Waals surface area contributed by atoms with Crippen LogP contribution in [0.1, 0.15) is 22.1 Å². The average molecular weight is 269 g/mol. The van der Waals surface area contributed by atoms with E-state index in [1.807, 2.05) is 7.05 Å². The van der Waals surface area contributed by atoms with E-state index < -0.39 is 6.29 Å². The van der Waals surface area contributed by atoms with Crippen molar-refractivity contribution in [1.29, 1.82) is 0 Å². The Morgan fingerprint density at radius 2 is 2.26 bits per heavy atom. The first-order valence-corrected chi connectivity index (χ1v) is 6.15. The average Bonchev–Trinajstić information content (AvgIpc) is 2.82. The van der Waals surface area contributed by atoms with Crippen molar-refractivity contribution in [2.45, 2.75) is 19.3 Å². The minimum Gasteiger partial charge on any atom is -0.437 e. The van der Waals surface area contributed by atoms with E-state index in [-0.39, 0.29) is 18.3 Å². The number of fused-ring (bicyclic) bond motifs is 1. The molecular weight excluding hydrogens is 250 g/mol. The second-order valence-corrected chi connectivity index (χ2v) is 4.49. The van der Waals surface area contributed by atoms with Crippen molar-refractivity contribution < 1.29 is 18.7 Å². The van der Waals surface area contributed by atoms with Gasteiger partial charge in [-0.1, -0.05) is 0 Å². The van der Waals surface area contributed by atoms with E-state index >= 15 is 0 Å². The van der Waals surface area contributed by atoms with Gasteiger partial charge in [-0.25, -0.2) is 4.98 Å². The zero-order valence-corrected chi connectivity index (χ0v) is 11.4. The Labute approximate surface area is 111 Å². The molecule has 0 spiro atoms. The maximum atomic E-state index is 11.9. The number of nitrogens with zero attached hydrogens (tertiary/aromatic N) is 2. The van der Waals surface area contributed by atoms with Crippen LogP contribution in [-0.4, -0.2) is 56.4 Å². The second kappa shape index (κ2) is 6.14. The summed E-state index contributed by atoms with van der Waals surface area (Å²) in [5, 5.41) is 2.66. The van der Waals surface area contributed by atoms with Crippen LogP contribution in [0.3, 0.4) is 0 Å². The van der Waals surface area contributed by atoms with Crippen LogP contribution < -0.4 is 5.32 Å². The molecule has 0 fully saturated rings. The van der Waals surface area contributed by atoms with Gasteiger partial charge >= 0.3 is 5.91 Å². The van der Waals surface area contributed by atoms with Gasteiger partial charge in [0.25, 0.3) is 5.89 Å². The first kappa shape index (κ1) is 14.0. The summed E-state index contributed by atoms with van der Waals surface area (Å²) in [5.41, 5.74) is 0.842. The van der Waals surface area contributed by atoms with Crippen LogP contribution in [0.15, 0.2) is 4.42 Å². The molecule has 0 radical (unpaired) electrons. The third-order valence-corrected chi connectivity index (χ3v) is 3.07. The summed E-state index contributed by atoms with van der Waals surface area (Å²) >= 11 is 0. The van der Waals surface area contributed by atoms with Gasteiger partial charge < -0.3 is 19.2 Å². The van der Waals surface area contributed by atoms with Crippen molar-refractivity contribution in [3.63, 3.8) is 0 Å². The number of hydrogen-bond acceptors (Lipinski definition) is 6. The molecule has 1 N–H and O–H groups in total. The normalized spacial score (nSPS) is 15.6. The first-order valence-electron chi connectivity index (χ1n) is 6.15. The van der Waals surface area contributed by atoms with Crippen LogP contribution in [0.2, 0.25) is 0 Å². The van der Waals surface area contributed by atoms with Crippen LogP contribution >= 0.6 is 0 Å². The van der Waals surface area contributed by atoms with Crippen LogP contribution in [0.4, 0.5) is 0 Å². The lowest BCUT2D eigenvalue weighted by atomic mass is 10.2. The van der Waals surface area contributed by atoms with Gasteiger partial charge in [0, 0.05) is 33.7 Å². The highest BCUT2D eigenvalue weighted by atomic mass is 16.7. The number of nitrogens with one attached hydrogen (secondary N) is 1. The largest absolute Gasteiger partial charge is 0.437 e. The maximum absolute atomic E-state index is 11.9. The Morgan fingerprint density at radius 1 is 1.53 bits per heavy atom. The van der Waals surface area contributed by atoms with Crippen LogP contribution in [0.25, 0.3) is 0 Å². The van der Waals surface area contributed by atoms with Crippen LogP contribution in [0.5, 0.6) is 0 Å². The van der Waals surface area contributed by atoms with Crippen LogP contribution in [0, 0.1) is 0 Å². The number of aromatic nitrogens is 1. The van der Waals surface area contributed by atoms with E-state index in [1.54, 1.807) is 0 Å². The number of oxazole rings is 1. The molecule has 7 nitrogen and oxygen atoms in total. The summed E-state index contributed by atoms with van der Waals surface area (Å²) in [4.78, 5) is 18.3. The molecule has 0 aliphatic carbocycles. The number of carbonyl (C=O) groups is 1. The fourth-order valence-electron chi connectivity index (χ4n) is 1.94. The van der Waals surface area contributed by atoms with Crippen molar-refractivity contribution in [2.24, 2.45) is 0 Å². The van der Waals surface area contributed by atoms with Crippen molar-refractivity contribution in [2.75, 3.05) is 34.4 Å². The molecule has 19 heavy (non-hydrogen) atoms. The van der Waals surface area contributed by atoms with E-state index in [2.05, 4.69) is 15.2 Å². The Bertz CT molecular complexity index is 442. The smallest absolute Gasteiger partial charge is 0.307 e. The van der Waals surface area contributed by atoms with Gasteiger partial charge in [0.15, 0.2) is 6.29 Å². The van der Waals surface area contributed by atoms with Crippen molar-refractivity contribution in [3.8, 4) is 0 Å². The van der Waals surface area contributed by atoms with Crippen molar-refractivity contribution >= 4 is 5.91 Å². The molecule has 106 valence electrons. The standard InChI is InChI=1S/C12H19N3O4/c1-15-5-4-9-8(7-15)14-12(19-9)11(16)13-6-10(17-2)18-3/h10H,4-7H2,1-3H3,(H,13,16). The second-order valence-electron chi connectivity index (χ2n) is 4.49. The van der Waals surface area contributed by atoms with E-state index in [0.717, 1.165) is 24.4 Å². The molecule has 2 heterocycles. The summed E-state index contributed by atoms with van der Waals surface area (Å²) < 4.78 is 15.5. The molecule has 0 atom stereocenters. The third kappa shape index (κ3) is 3.31. The number of amides is 1. The first-order chi connectivity index (χ1) is 9.13. The van der Waals surface area contributed by atoms with Gasteiger partial charge in [0.05, 0.1) is 12.2 Å². The Hall–Kier alpha value is -1.44. The van der Waals surface area contributed by atoms with Crippen LogP contribution in [-0.2, 0) is 22.4 Å². The van der Waals surface area contributed by atoms with Gasteiger partial charge in [-0.2, -0.15) is 0 Å². The molecule has 0 saturated heterocycles. The minimum absolute atomic E-state index is 0.103. The van der Waals surface area contributed by atoms with Gasteiger partial charge in [-0.15, -0.1) is 0 Å². The molecule has 1 amide bonds. The predicted molar refractivity (Wildman–Crippen MR) is 66.7 cm³/mol. The highest BCUT2D eigenvalue weighted by Crippen LogP contribution is 2.18. The number of hydrogen-bond donors (Lipinski definition) is 1. The number of likely N-dealkylation sites (N-methyl/N-ethyl adjacent to an activating group) is 1. The SMILES string of the molecule is COC(CNC(=O)c1nc2c(o1)CCN(C)C2)OC. The van der Waals surface area contributed by atoms with Crippen molar-refractivity contribution in [1.82, 2.24) is 15.2 Å². The summed E-state index contributed by atoms with van der Waals surface area (Å²) in [5.74, 6) is 0.556. The highest BCUT2D eigenvalue weighted by Gasteiger charge is 2.23. The molecule has 0 bridgehead atoms. The lowest BCUT2D eigenvalue weighted by Gasteiger charge is -2.19. The number of ether oxygens (including phenoxy) is 2. The molecular formula is C12H19N3O4. The van der Waals surface area contributed by atoms with Crippen molar-refractivity contribution in [3.05, 3.63) is 17.3 Å². The Kier molecular flexibility index (Phi) is 4.52. The molecule has 7 heteroatoms. The molecule has 2 rings (SSSR count). The predicted octanol–water partition coefficient (Wildman–Crippen LogP) is 0.0112. The Morgan fingerprint density at radius 3 is 2.95 bits per heavy atom. The van der Waals surface area contributed by atoms with E-state index in [9.17, 15) is 4.79 Å². The quantitative estimate of drug-likeness (QED) is 0.759. The topological polar surface area (TPSA) is 76.8 Å². The maximum Gasteiger partial charge on any atom is 0.307 e. The highest BCUT2D eigenvalue weighted by molar-refractivity contribution is 5.89. The zero-order chi connectivity index (χ0) is 13.8. The van der Waals surface area contributed by atoms with E-state index in [4.69, 9.17) is 13.9 Å². The van der Waals surface area contributed by atoms with Gasteiger partial charge in [-0.05, 0) is 7.05 Å². The minimum atomic E-state index is -0.473. The van der Waals surface area contributed by atoms with Gasteiger partial charge in [0.1, 0.15) is 5.76 Å². The van der Waals surface area contributed by atoms with E-state index in [0.29, 0.717) is 6.54 Å². The lowest BCUT2D eigenvalue weighted by molar-refractivity contribution is -0.0975. The number of carbonyl (C=O) groups excluding carboxylic acids is 1. The third-order valence-electron chi connectivity index (χ3n) is 3.07. The number of methoxy groups -OCH3 is 2. The summed E-state index contributed by atoms with van der Waals surface area (Å²) in [6.45, 7) is 1.88. The fraction of sp³-hybridized carbons (Fsp3) is 0.667. The van der Waals surface area contributed by atoms with Gasteiger partial charge in [-0.3, -0.25) is 9.69 Å². The fourth-order valence-corrected chi connectivity index (χ4v) is 1.94. The van der Waals surface area contributed by atoms with Gasteiger partial charge in [0.2, 0.25) is 0 Å². The zero-order valence-electron chi connectivity index (χ0n) is 11.4. The Balaban J connectivity index is 1.96. The summed E-state index contributed by atoms with van der Waals surface area (Å²) in [6.07, 6.45) is 0.310. The monoisotopic (exact) mass is 269 g/mol. The molecule has 1 aromatic rings.